The van der Waals surface area contributed by atoms with E-state index in [4.69, 9.17) is 11.6 Å². The van der Waals surface area contributed by atoms with Gasteiger partial charge >= 0.3 is 6.18 Å². The van der Waals surface area contributed by atoms with Crippen molar-refractivity contribution in [1.29, 1.82) is 0 Å². The van der Waals surface area contributed by atoms with Gasteiger partial charge in [0.2, 0.25) is 5.82 Å². The second-order valence-electron chi connectivity index (χ2n) is 6.06. The molecule has 1 saturated carbocycles. The van der Waals surface area contributed by atoms with E-state index >= 15 is 0 Å². The molecule has 1 spiro atoms. The largest absolute Gasteiger partial charge is 0.451 e. The Kier molecular flexibility index (Phi) is 3.76. The van der Waals surface area contributed by atoms with E-state index in [2.05, 4.69) is 9.97 Å². The van der Waals surface area contributed by atoms with Crippen LogP contribution in [0, 0.1) is 5.41 Å². The minimum absolute atomic E-state index is 0.159. The van der Waals surface area contributed by atoms with E-state index in [-0.39, 0.29) is 11.0 Å². The van der Waals surface area contributed by atoms with Gasteiger partial charge < -0.3 is 4.90 Å². The number of hydrogen-bond acceptors (Lipinski definition) is 3. The Morgan fingerprint density at radius 3 is 2.24 bits per heavy atom. The number of piperidine rings is 1. The number of aromatic nitrogens is 2. The molecule has 21 heavy (non-hydrogen) atoms. The molecule has 1 aromatic rings. The molecule has 7 heteroatoms. The average molecular weight is 320 g/mol. The summed E-state index contributed by atoms with van der Waals surface area (Å²) in [5.41, 5.74) is 0.417. The van der Waals surface area contributed by atoms with Gasteiger partial charge in [0, 0.05) is 19.2 Å². The monoisotopic (exact) mass is 319 g/mol. The van der Waals surface area contributed by atoms with Crippen molar-refractivity contribution in [2.24, 2.45) is 5.41 Å². The lowest BCUT2D eigenvalue weighted by Crippen LogP contribution is -2.39. The summed E-state index contributed by atoms with van der Waals surface area (Å²) in [5.74, 6) is -0.874. The normalized spacial score (nSPS) is 22.0. The molecule has 1 saturated heterocycles. The molecule has 1 aromatic heterocycles. The number of rotatable bonds is 1. The van der Waals surface area contributed by atoms with Gasteiger partial charge in [-0.25, -0.2) is 9.97 Å². The minimum atomic E-state index is -4.57. The summed E-state index contributed by atoms with van der Waals surface area (Å²) >= 11 is 5.72. The highest BCUT2D eigenvalue weighted by Gasteiger charge is 2.39. The molecule has 1 aliphatic carbocycles. The van der Waals surface area contributed by atoms with Gasteiger partial charge in [0.05, 0.1) is 0 Å². The van der Waals surface area contributed by atoms with Crippen LogP contribution in [0.2, 0.25) is 5.15 Å². The van der Waals surface area contributed by atoms with E-state index in [9.17, 15) is 13.2 Å². The van der Waals surface area contributed by atoms with Crippen molar-refractivity contribution in [3.05, 3.63) is 17.0 Å². The fourth-order valence-electron chi connectivity index (χ4n) is 3.53. The van der Waals surface area contributed by atoms with Crippen LogP contribution in [0.5, 0.6) is 0 Å². The maximum atomic E-state index is 12.8. The van der Waals surface area contributed by atoms with Crippen LogP contribution < -0.4 is 4.90 Å². The van der Waals surface area contributed by atoms with Gasteiger partial charge in [-0.2, -0.15) is 13.2 Å². The predicted molar refractivity (Wildman–Crippen MR) is 74.4 cm³/mol. The first-order chi connectivity index (χ1) is 9.88. The summed E-state index contributed by atoms with van der Waals surface area (Å²) in [5, 5.41) is -0.159. The van der Waals surface area contributed by atoms with Crippen LogP contribution in [0.15, 0.2) is 6.07 Å². The predicted octanol–water partition coefficient (Wildman–Crippen LogP) is 4.31. The Morgan fingerprint density at radius 2 is 1.67 bits per heavy atom. The van der Waals surface area contributed by atoms with Crippen LogP contribution in [0.3, 0.4) is 0 Å². The van der Waals surface area contributed by atoms with Crippen LogP contribution in [-0.4, -0.2) is 23.1 Å². The molecule has 3 rings (SSSR count). The van der Waals surface area contributed by atoms with Crippen LogP contribution in [0.25, 0.3) is 0 Å². The SMILES string of the molecule is FC(F)(F)c1nc(Cl)cc(N2CCC3(CCCC3)CC2)n1. The Morgan fingerprint density at radius 1 is 1.05 bits per heavy atom. The molecule has 0 aromatic carbocycles. The van der Waals surface area contributed by atoms with E-state index in [1.807, 2.05) is 4.90 Å². The summed E-state index contributed by atoms with van der Waals surface area (Å²) in [4.78, 5) is 8.82. The maximum absolute atomic E-state index is 12.8. The molecule has 1 aliphatic heterocycles. The average Bonchev–Trinajstić information content (AvgIpc) is 2.86. The van der Waals surface area contributed by atoms with Crippen molar-refractivity contribution >= 4 is 17.4 Å². The number of halogens is 4. The Labute approximate surface area is 126 Å². The van der Waals surface area contributed by atoms with Crippen molar-refractivity contribution in [3.8, 4) is 0 Å². The maximum Gasteiger partial charge on any atom is 0.451 e. The second kappa shape index (κ2) is 5.30. The summed E-state index contributed by atoms with van der Waals surface area (Å²) in [6.07, 6.45) is 2.53. The van der Waals surface area contributed by atoms with Crippen molar-refractivity contribution in [1.82, 2.24) is 9.97 Å². The Balaban J connectivity index is 1.77. The number of alkyl halides is 3. The third kappa shape index (κ3) is 3.10. The van der Waals surface area contributed by atoms with E-state index in [0.29, 0.717) is 5.41 Å². The standard InChI is InChI=1S/C14H17ClF3N3/c15-10-9-11(20-12(19-10)14(16,17)18)21-7-5-13(6-8-21)3-1-2-4-13/h9H,1-8H2. The zero-order chi connectivity index (χ0) is 15.1. The Hall–Kier alpha value is -1.04. The minimum Gasteiger partial charge on any atom is -0.356 e. The van der Waals surface area contributed by atoms with Crippen molar-refractivity contribution in [2.75, 3.05) is 18.0 Å². The fraction of sp³-hybridized carbons (Fsp3) is 0.714. The fourth-order valence-corrected chi connectivity index (χ4v) is 3.71. The third-order valence-electron chi connectivity index (χ3n) is 4.75. The van der Waals surface area contributed by atoms with E-state index in [1.54, 1.807) is 0 Å². The highest BCUT2D eigenvalue weighted by Crippen LogP contribution is 2.46. The molecular weight excluding hydrogens is 303 g/mol. The molecule has 0 unspecified atom stereocenters. The third-order valence-corrected chi connectivity index (χ3v) is 4.94. The summed E-state index contributed by atoms with van der Waals surface area (Å²) in [6, 6.07) is 1.42. The molecule has 0 N–H and O–H groups in total. The van der Waals surface area contributed by atoms with Crippen LogP contribution in [0.4, 0.5) is 19.0 Å². The topological polar surface area (TPSA) is 29.0 Å². The highest BCUT2D eigenvalue weighted by molar-refractivity contribution is 6.29. The molecular formula is C14H17ClF3N3. The summed E-state index contributed by atoms with van der Waals surface area (Å²) < 4.78 is 38.3. The molecule has 2 fully saturated rings. The van der Waals surface area contributed by atoms with Gasteiger partial charge in [0.25, 0.3) is 0 Å². The molecule has 3 nitrogen and oxygen atoms in total. The van der Waals surface area contributed by atoms with Gasteiger partial charge in [0.1, 0.15) is 11.0 Å². The van der Waals surface area contributed by atoms with Crippen LogP contribution in [-0.2, 0) is 6.18 Å². The molecule has 2 heterocycles. The van der Waals surface area contributed by atoms with Crippen molar-refractivity contribution in [2.45, 2.75) is 44.7 Å². The van der Waals surface area contributed by atoms with Crippen LogP contribution in [0.1, 0.15) is 44.3 Å². The number of anilines is 1. The number of hydrogen-bond donors (Lipinski definition) is 0. The smallest absolute Gasteiger partial charge is 0.356 e. The molecule has 0 atom stereocenters. The lowest BCUT2D eigenvalue weighted by Gasteiger charge is -2.40. The summed E-state index contributed by atoms with van der Waals surface area (Å²) in [6.45, 7) is 1.48. The molecule has 2 aliphatic rings. The lowest BCUT2D eigenvalue weighted by atomic mass is 9.77. The first kappa shape index (κ1) is 14.9. The van der Waals surface area contributed by atoms with Gasteiger partial charge in [-0.05, 0) is 31.1 Å². The number of nitrogens with zero attached hydrogens (tertiary/aromatic N) is 3. The zero-order valence-corrected chi connectivity index (χ0v) is 12.3. The van der Waals surface area contributed by atoms with E-state index in [1.165, 1.54) is 31.7 Å². The van der Waals surface area contributed by atoms with Crippen LogP contribution >= 0.6 is 11.6 Å². The highest BCUT2D eigenvalue weighted by atomic mass is 35.5. The van der Waals surface area contributed by atoms with Gasteiger partial charge in [-0.3, -0.25) is 0 Å². The molecule has 0 amide bonds. The lowest BCUT2D eigenvalue weighted by molar-refractivity contribution is -0.144. The quantitative estimate of drug-likeness (QED) is 0.722. The van der Waals surface area contributed by atoms with Gasteiger partial charge in [-0.15, -0.1) is 0 Å². The van der Waals surface area contributed by atoms with Gasteiger partial charge in [-0.1, -0.05) is 24.4 Å². The molecule has 116 valence electrons. The van der Waals surface area contributed by atoms with Gasteiger partial charge in [0.15, 0.2) is 0 Å². The first-order valence-electron chi connectivity index (χ1n) is 7.25. The second-order valence-corrected chi connectivity index (χ2v) is 6.45. The van der Waals surface area contributed by atoms with Crippen molar-refractivity contribution in [3.63, 3.8) is 0 Å². The summed E-state index contributed by atoms with van der Waals surface area (Å²) in [7, 11) is 0. The van der Waals surface area contributed by atoms with Crippen molar-refractivity contribution < 1.29 is 13.2 Å². The molecule has 0 radical (unpaired) electrons. The van der Waals surface area contributed by atoms with E-state index < -0.39 is 12.0 Å². The zero-order valence-electron chi connectivity index (χ0n) is 11.6. The molecule has 0 bridgehead atoms. The first-order valence-corrected chi connectivity index (χ1v) is 7.63. The van der Waals surface area contributed by atoms with E-state index in [0.717, 1.165) is 25.9 Å². The Bertz CT molecular complexity index is 517.